The molecule has 7 nitrogen and oxygen atoms in total. The zero-order chi connectivity index (χ0) is 23.8. The van der Waals surface area contributed by atoms with Crippen molar-refractivity contribution < 1.29 is 19.2 Å². The zero-order valence-electron chi connectivity index (χ0n) is 19.6. The minimum Gasteiger partial charge on any atom is -0.352 e. The lowest BCUT2D eigenvalue weighted by atomic mass is 10.0. The van der Waals surface area contributed by atoms with Gasteiger partial charge in [-0.25, -0.2) is 0 Å². The summed E-state index contributed by atoms with van der Waals surface area (Å²) in [6.07, 6.45) is 10.7. The number of allylic oxidation sites excluding steroid dienone is 1. The van der Waals surface area contributed by atoms with Crippen molar-refractivity contribution in [1.82, 2.24) is 15.5 Å². The molecule has 0 saturated carbocycles. The Hall–Kier alpha value is -2.96. The first kappa shape index (κ1) is 24.7. The monoisotopic (exact) mass is 453 g/mol. The molecule has 33 heavy (non-hydrogen) atoms. The van der Waals surface area contributed by atoms with Gasteiger partial charge in [-0.2, -0.15) is 0 Å². The van der Waals surface area contributed by atoms with Crippen LogP contribution in [0.1, 0.15) is 104 Å². The van der Waals surface area contributed by atoms with Gasteiger partial charge in [0.1, 0.15) is 6.04 Å². The minimum atomic E-state index is -0.840. The number of unbranched alkanes of at least 4 members (excludes halogenated alkanes) is 7. The van der Waals surface area contributed by atoms with Gasteiger partial charge in [0.25, 0.3) is 11.8 Å². The Morgan fingerprint density at radius 1 is 1.06 bits per heavy atom. The average molecular weight is 454 g/mol. The number of imide groups is 1. The van der Waals surface area contributed by atoms with Gasteiger partial charge in [-0.1, -0.05) is 70.6 Å². The van der Waals surface area contributed by atoms with Gasteiger partial charge in [0.05, 0.1) is 11.1 Å². The highest BCUT2D eigenvalue weighted by Gasteiger charge is 2.44. The van der Waals surface area contributed by atoms with E-state index in [1.54, 1.807) is 18.2 Å². The smallest absolute Gasteiger partial charge is 0.262 e. The van der Waals surface area contributed by atoms with E-state index in [0.717, 1.165) is 24.2 Å². The van der Waals surface area contributed by atoms with E-state index < -0.39 is 17.9 Å². The van der Waals surface area contributed by atoms with E-state index in [-0.39, 0.29) is 29.5 Å². The number of nitrogens with one attached hydrogen (secondary N) is 2. The maximum atomic E-state index is 13.1. The fourth-order valence-electron chi connectivity index (χ4n) is 4.51. The minimum absolute atomic E-state index is 0.0580. The van der Waals surface area contributed by atoms with Gasteiger partial charge in [-0.05, 0) is 30.9 Å². The first-order valence-corrected chi connectivity index (χ1v) is 12.2. The molecule has 0 radical (unpaired) electrons. The quantitative estimate of drug-likeness (QED) is 0.366. The van der Waals surface area contributed by atoms with E-state index in [4.69, 9.17) is 0 Å². The van der Waals surface area contributed by atoms with Gasteiger partial charge < -0.3 is 10.6 Å². The second-order valence-electron chi connectivity index (χ2n) is 8.97. The first-order valence-electron chi connectivity index (χ1n) is 12.2. The third-order valence-corrected chi connectivity index (χ3v) is 6.40. The van der Waals surface area contributed by atoms with E-state index >= 15 is 0 Å². The summed E-state index contributed by atoms with van der Waals surface area (Å²) in [4.78, 5) is 51.8. The number of carbonyl (C=O) groups is 4. The number of amides is 4. The highest BCUT2D eigenvalue weighted by molar-refractivity contribution is 6.23. The Labute approximate surface area is 196 Å². The normalized spacial score (nSPS) is 17.8. The van der Waals surface area contributed by atoms with Crippen molar-refractivity contribution in [2.45, 2.75) is 90.1 Å². The topological polar surface area (TPSA) is 95.6 Å². The van der Waals surface area contributed by atoms with Crippen LogP contribution in [0.15, 0.2) is 30.5 Å². The summed E-state index contributed by atoms with van der Waals surface area (Å²) in [5.41, 5.74) is 1.75. The molecule has 2 aliphatic rings. The van der Waals surface area contributed by atoms with E-state index in [1.807, 2.05) is 0 Å². The summed E-state index contributed by atoms with van der Waals surface area (Å²) < 4.78 is 0. The second-order valence-corrected chi connectivity index (χ2v) is 8.97. The molecule has 1 saturated heterocycles. The molecule has 3 rings (SSSR count). The van der Waals surface area contributed by atoms with Gasteiger partial charge in [0.2, 0.25) is 11.8 Å². The molecular formula is C26H35N3O4. The molecule has 1 aromatic rings. The molecule has 4 amide bonds. The number of nitrogens with zero attached hydrogens (tertiary/aromatic N) is 1. The van der Waals surface area contributed by atoms with Crippen molar-refractivity contribution in [2.75, 3.05) is 0 Å². The molecular weight excluding hydrogens is 418 g/mol. The molecule has 1 atom stereocenters. The van der Waals surface area contributed by atoms with Crippen LogP contribution in [0.2, 0.25) is 0 Å². The summed E-state index contributed by atoms with van der Waals surface area (Å²) in [5, 5.41) is 5.51. The van der Waals surface area contributed by atoms with Gasteiger partial charge >= 0.3 is 0 Å². The van der Waals surface area contributed by atoms with Crippen LogP contribution < -0.4 is 10.6 Å². The maximum Gasteiger partial charge on any atom is 0.262 e. The van der Waals surface area contributed by atoms with E-state index in [0.29, 0.717) is 30.5 Å². The van der Waals surface area contributed by atoms with Gasteiger partial charge in [-0.3, -0.25) is 24.1 Å². The largest absolute Gasteiger partial charge is 0.352 e. The Kier molecular flexibility index (Phi) is 8.80. The van der Waals surface area contributed by atoms with Crippen LogP contribution >= 0.6 is 0 Å². The second kappa shape index (κ2) is 11.8. The molecule has 2 aliphatic heterocycles. The van der Waals surface area contributed by atoms with Crippen molar-refractivity contribution in [2.24, 2.45) is 0 Å². The number of piperidine rings is 1. The zero-order valence-corrected chi connectivity index (χ0v) is 19.6. The van der Waals surface area contributed by atoms with Gasteiger partial charge in [0.15, 0.2) is 0 Å². The Morgan fingerprint density at radius 3 is 2.45 bits per heavy atom. The predicted molar refractivity (Wildman–Crippen MR) is 126 cm³/mol. The fraction of sp³-hybridized carbons (Fsp3) is 0.538. The molecule has 0 spiro atoms. The Balaban J connectivity index is 1.52. The van der Waals surface area contributed by atoms with Crippen LogP contribution in [0.5, 0.6) is 0 Å². The van der Waals surface area contributed by atoms with E-state index in [9.17, 15) is 19.2 Å². The molecule has 7 heteroatoms. The number of hydrogen-bond donors (Lipinski definition) is 2. The number of hydrogen-bond acceptors (Lipinski definition) is 4. The lowest BCUT2D eigenvalue weighted by Crippen LogP contribution is -2.51. The lowest BCUT2D eigenvalue weighted by Gasteiger charge is -2.29. The van der Waals surface area contributed by atoms with Gasteiger partial charge in [-0.15, -0.1) is 0 Å². The number of carbonyl (C=O) groups excluding carboxylic acids is 4. The molecule has 2 N–H and O–H groups in total. The van der Waals surface area contributed by atoms with E-state index in [1.165, 1.54) is 32.1 Å². The summed E-state index contributed by atoms with van der Waals surface area (Å²) >= 11 is 0. The maximum absolute atomic E-state index is 13.1. The summed E-state index contributed by atoms with van der Waals surface area (Å²) in [6, 6.07) is 4.21. The standard InChI is InChI=1S/C26H35N3O4/c1-3-4-5-6-7-8-9-10-14-22(30)27-17-19-12-11-13-20-23(19)26(33)29(25(20)32)21-16-15-18(2)28-24(21)31/h11-13,21H,2-10,14-17H2,1H3,(H,27,30)(H,28,31). The van der Waals surface area contributed by atoms with Gasteiger partial charge in [0, 0.05) is 18.7 Å². The van der Waals surface area contributed by atoms with Crippen molar-refractivity contribution >= 4 is 23.6 Å². The Bertz CT molecular complexity index is 924. The number of rotatable bonds is 12. The van der Waals surface area contributed by atoms with Crippen LogP contribution in [-0.2, 0) is 16.1 Å². The van der Waals surface area contributed by atoms with Crippen molar-refractivity contribution in [3.8, 4) is 0 Å². The molecule has 0 bridgehead atoms. The third-order valence-electron chi connectivity index (χ3n) is 6.40. The summed E-state index contributed by atoms with van der Waals surface area (Å²) in [7, 11) is 0. The Morgan fingerprint density at radius 2 is 1.76 bits per heavy atom. The van der Waals surface area contributed by atoms with Crippen molar-refractivity contribution in [3.63, 3.8) is 0 Å². The molecule has 178 valence electrons. The molecule has 1 fully saturated rings. The number of fused-ring (bicyclic) bond motifs is 1. The third kappa shape index (κ3) is 6.09. The predicted octanol–water partition coefficient (Wildman–Crippen LogP) is 4.22. The lowest BCUT2D eigenvalue weighted by molar-refractivity contribution is -0.125. The average Bonchev–Trinajstić information content (AvgIpc) is 3.05. The highest BCUT2D eigenvalue weighted by atomic mass is 16.2. The van der Waals surface area contributed by atoms with Crippen LogP contribution in [-0.4, -0.2) is 34.6 Å². The SMILES string of the molecule is C=C1CCC(N2C(=O)c3cccc(CNC(=O)CCCCCCCCCC)c3C2=O)C(=O)N1. The fourth-order valence-corrected chi connectivity index (χ4v) is 4.51. The number of benzene rings is 1. The summed E-state index contributed by atoms with van der Waals surface area (Å²) in [5.74, 6) is -1.39. The van der Waals surface area contributed by atoms with Crippen molar-refractivity contribution in [3.05, 3.63) is 47.2 Å². The molecule has 1 aromatic carbocycles. The van der Waals surface area contributed by atoms with Crippen LogP contribution in [0.4, 0.5) is 0 Å². The van der Waals surface area contributed by atoms with E-state index in [2.05, 4.69) is 24.1 Å². The first-order chi connectivity index (χ1) is 15.9. The molecule has 0 aromatic heterocycles. The van der Waals surface area contributed by atoms with Crippen LogP contribution in [0.3, 0.4) is 0 Å². The molecule has 0 aliphatic carbocycles. The highest BCUT2D eigenvalue weighted by Crippen LogP contribution is 2.30. The summed E-state index contributed by atoms with van der Waals surface area (Å²) in [6.45, 7) is 6.13. The molecule has 2 heterocycles. The molecule has 1 unspecified atom stereocenters. The van der Waals surface area contributed by atoms with Crippen molar-refractivity contribution in [1.29, 1.82) is 0 Å². The van der Waals surface area contributed by atoms with Crippen LogP contribution in [0.25, 0.3) is 0 Å². The van der Waals surface area contributed by atoms with Crippen LogP contribution in [0, 0.1) is 0 Å².